The van der Waals surface area contributed by atoms with Gasteiger partial charge in [-0.1, -0.05) is 32.9 Å². The molecule has 0 aromatic carbocycles. The normalized spacial score (nSPS) is 21.0. The fourth-order valence-electron chi connectivity index (χ4n) is 5.14. The van der Waals surface area contributed by atoms with Crippen LogP contribution in [0, 0.1) is 0 Å². The molecule has 0 amide bonds. The molecule has 5 heteroatoms. The van der Waals surface area contributed by atoms with Crippen molar-refractivity contribution >= 4 is 0 Å². The Balaban J connectivity index is 1.23. The molecule has 32 heavy (non-hydrogen) atoms. The van der Waals surface area contributed by atoms with E-state index in [9.17, 15) is 5.11 Å². The second-order valence-electron chi connectivity index (χ2n) is 10.5. The number of likely N-dealkylation sites (tertiary alicyclic amines) is 1. The predicted octanol–water partition coefficient (Wildman–Crippen LogP) is 4.16. The van der Waals surface area contributed by atoms with Crippen LogP contribution in [-0.2, 0) is 17.4 Å². The van der Waals surface area contributed by atoms with E-state index >= 15 is 0 Å². The summed E-state index contributed by atoms with van der Waals surface area (Å²) in [6.07, 6.45) is 10.0. The van der Waals surface area contributed by atoms with Crippen molar-refractivity contribution in [1.82, 2.24) is 20.2 Å². The summed E-state index contributed by atoms with van der Waals surface area (Å²) >= 11 is 0. The van der Waals surface area contributed by atoms with Crippen LogP contribution in [0.5, 0.6) is 0 Å². The van der Waals surface area contributed by atoms with Crippen molar-refractivity contribution in [3.8, 4) is 0 Å². The first-order valence-electron chi connectivity index (χ1n) is 12.5. The zero-order chi connectivity index (χ0) is 22.6. The van der Waals surface area contributed by atoms with Gasteiger partial charge >= 0.3 is 0 Å². The molecule has 2 aromatic heterocycles. The SMILES string of the molecule is CC(C)c1ccc(C2(O)CCN(CCCc3ccc(C4(C)CCNCC4)cn3)CC2)cn1. The molecule has 174 valence electrons. The molecule has 5 nitrogen and oxygen atoms in total. The van der Waals surface area contributed by atoms with Crippen molar-refractivity contribution in [1.29, 1.82) is 0 Å². The lowest BCUT2D eigenvalue weighted by atomic mass is 9.75. The second-order valence-corrected chi connectivity index (χ2v) is 10.5. The standard InChI is InChI=1S/C27H40N4O/c1-21(2)25-9-7-23(20-30-25)27(32)12-17-31(18-13-27)16-4-5-24-8-6-22(19-29-24)26(3)10-14-28-15-11-26/h6-9,19-21,28,32H,4-5,10-18H2,1-3H3. The van der Waals surface area contributed by atoms with Crippen molar-refractivity contribution in [2.45, 2.75) is 76.2 Å². The van der Waals surface area contributed by atoms with Gasteiger partial charge in [-0.15, -0.1) is 0 Å². The molecule has 0 spiro atoms. The summed E-state index contributed by atoms with van der Waals surface area (Å²) < 4.78 is 0. The number of aromatic nitrogens is 2. The highest BCUT2D eigenvalue weighted by atomic mass is 16.3. The fourth-order valence-corrected chi connectivity index (χ4v) is 5.14. The first-order valence-corrected chi connectivity index (χ1v) is 12.5. The molecule has 4 heterocycles. The second kappa shape index (κ2) is 9.98. The first-order chi connectivity index (χ1) is 15.4. The van der Waals surface area contributed by atoms with Crippen LogP contribution >= 0.6 is 0 Å². The molecular weight excluding hydrogens is 396 g/mol. The predicted molar refractivity (Wildman–Crippen MR) is 130 cm³/mol. The van der Waals surface area contributed by atoms with Crippen LogP contribution in [0.1, 0.15) is 81.3 Å². The molecule has 4 rings (SSSR count). The maximum atomic E-state index is 11.2. The summed E-state index contributed by atoms with van der Waals surface area (Å²) in [7, 11) is 0. The average molecular weight is 437 g/mol. The summed E-state index contributed by atoms with van der Waals surface area (Å²) in [4.78, 5) is 11.8. The number of hydrogen-bond acceptors (Lipinski definition) is 5. The van der Waals surface area contributed by atoms with E-state index in [1.54, 1.807) is 0 Å². The molecule has 0 bridgehead atoms. The van der Waals surface area contributed by atoms with Crippen molar-refractivity contribution in [3.63, 3.8) is 0 Å². The van der Waals surface area contributed by atoms with Crippen LogP contribution in [0.2, 0.25) is 0 Å². The Morgan fingerprint density at radius 2 is 1.66 bits per heavy atom. The monoisotopic (exact) mass is 436 g/mol. The molecule has 0 saturated carbocycles. The van der Waals surface area contributed by atoms with Gasteiger partial charge in [-0.05, 0) is 87.2 Å². The van der Waals surface area contributed by atoms with Gasteiger partial charge in [0, 0.05) is 42.4 Å². The maximum absolute atomic E-state index is 11.2. The quantitative estimate of drug-likeness (QED) is 0.683. The van der Waals surface area contributed by atoms with E-state index in [-0.39, 0.29) is 5.41 Å². The number of rotatable bonds is 7. The van der Waals surface area contributed by atoms with Gasteiger partial charge in [0.25, 0.3) is 0 Å². The lowest BCUT2D eigenvalue weighted by Gasteiger charge is -2.38. The molecule has 2 aliphatic rings. The Morgan fingerprint density at radius 3 is 2.25 bits per heavy atom. The van der Waals surface area contributed by atoms with Gasteiger partial charge in [-0.2, -0.15) is 0 Å². The number of aryl methyl sites for hydroxylation is 1. The Morgan fingerprint density at radius 1 is 0.969 bits per heavy atom. The van der Waals surface area contributed by atoms with Crippen LogP contribution in [0.3, 0.4) is 0 Å². The third kappa shape index (κ3) is 5.38. The number of piperidine rings is 2. The van der Waals surface area contributed by atoms with Gasteiger partial charge in [0.05, 0.1) is 5.60 Å². The van der Waals surface area contributed by atoms with E-state index in [0.29, 0.717) is 5.92 Å². The van der Waals surface area contributed by atoms with Gasteiger partial charge in [0.2, 0.25) is 0 Å². The van der Waals surface area contributed by atoms with Crippen LogP contribution < -0.4 is 5.32 Å². The van der Waals surface area contributed by atoms with E-state index in [0.717, 1.165) is 69.7 Å². The zero-order valence-corrected chi connectivity index (χ0v) is 20.1. The summed E-state index contributed by atoms with van der Waals surface area (Å²) in [5.41, 5.74) is 4.16. The number of aliphatic hydroxyl groups is 1. The Kier molecular flexibility index (Phi) is 7.28. The highest BCUT2D eigenvalue weighted by molar-refractivity contribution is 5.25. The number of nitrogens with one attached hydrogen (secondary N) is 1. The van der Waals surface area contributed by atoms with Crippen LogP contribution in [0.4, 0.5) is 0 Å². The van der Waals surface area contributed by atoms with Crippen molar-refractivity contribution in [2.75, 3.05) is 32.7 Å². The molecule has 0 aliphatic carbocycles. The van der Waals surface area contributed by atoms with Gasteiger partial charge in [-0.3, -0.25) is 9.97 Å². The molecular formula is C27H40N4O. The molecule has 2 aliphatic heterocycles. The number of pyridine rings is 2. The van der Waals surface area contributed by atoms with E-state index < -0.39 is 5.60 Å². The minimum absolute atomic E-state index is 0.270. The molecule has 2 N–H and O–H groups in total. The Hall–Kier alpha value is -1.82. The van der Waals surface area contributed by atoms with Crippen molar-refractivity contribution in [3.05, 3.63) is 59.2 Å². The average Bonchev–Trinajstić information content (AvgIpc) is 2.81. The van der Waals surface area contributed by atoms with Crippen molar-refractivity contribution in [2.24, 2.45) is 0 Å². The van der Waals surface area contributed by atoms with Crippen LogP contribution in [0.15, 0.2) is 36.7 Å². The summed E-state index contributed by atoms with van der Waals surface area (Å²) in [6.45, 7) is 11.8. The van der Waals surface area contributed by atoms with E-state index in [4.69, 9.17) is 4.98 Å². The van der Waals surface area contributed by atoms with Gasteiger partial charge in [-0.25, -0.2) is 0 Å². The van der Waals surface area contributed by atoms with Crippen molar-refractivity contribution < 1.29 is 5.11 Å². The van der Waals surface area contributed by atoms with E-state index in [2.05, 4.69) is 66.4 Å². The number of nitrogens with zero attached hydrogens (tertiary/aromatic N) is 3. The highest BCUT2D eigenvalue weighted by Gasteiger charge is 2.34. The summed E-state index contributed by atoms with van der Waals surface area (Å²) in [6, 6.07) is 8.66. The zero-order valence-electron chi connectivity index (χ0n) is 20.1. The third-order valence-electron chi connectivity index (χ3n) is 7.73. The topological polar surface area (TPSA) is 61.3 Å². The third-order valence-corrected chi connectivity index (χ3v) is 7.73. The first kappa shape index (κ1) is 23.3. The molecule has 0 unspecified atom stereocenters. The number of hydrogen-bond donors (Lipinski definition) is 2. The van der Waals surface area contributed by atoms with Crippen LogP contribution in [-0.4, -0.2) is 52.7 Å². The Labute approximate surface area is 193 Å². The molecule has 0 radical (unpaired) electrons. The minimum atomic E-state index is -0.735. The molecule has 0 atom stereocenters. The van der Waals surface area contributed by atoms with Crippen LogP contribution in [0.25, 0.3) is 0 Å². The summed E-state index contributed by atoms with van der Waals surface area (Å²) in [5, 5.41) is 14.6. The lowest BCUT2D eigenvalue weighted by molar-refractivity contribution is -0.0262. The van der Waals surface area contributed by atoms with E-state index in [1.807, 2.05) is 6.20 Å². The summed E-state index contributed by atoms with van der Waals surface area (Å²) in [5.74, 6) is 0.416. The van der Waals surface area contributed by atoms with Gasteiger partial charge in [0.1, 0.15) is 0 Å². The smallest absolute Gasteiger partial charge is 0.0935 e. The minimum Gasteiger partial charge on any atom is -0.385 e. The largest absolute Gasteiger partial charge is 0.385 e. The Bertz CT molecular complexity index is 848. The lowest BCUT2D eigenvalue weighted by Crippen LogP contribution is -2.43. The van der Waals surface area contributed by atoms with Gasteiger partial charge < -0.3 is 15.3 Å². The molecule has 2 fully saturated rings. The maximum Gasteiger partial charge on any atom is 0.0935 e. The van der Waals surface area contributed by atoms with E-state index in [1.165, 1.54) is 24.1 Å². The fraction of sp³-hybridized carbons (Fsp3) is 0.630. The highest BCUT2D eigenvalue weighted by Crippen LogP contribution is 2.34. The molecule has 2 saturated heterocycles. The van der Waals surface area contributed by atoms with Gasteiger partial charge in [0.15, 0.2) is 0 Å². The molecule has 2 aromatic rings.